The second kappa shape index (κ2) is 5.10. The summed E-state index contributed by atoms with van der Waals surface area (Å²) in [5, 5.41) is 0. The molecule has 5 heteroatoms. The van der Waals surface area contributed by atoms with Crippen LogP contribution in [0.25, 0.3) is 0 Å². The Balaban J connectivity index is 2.36. The number of nitrogens with zero attached hydrogens (tertiary/aromatic N) is 1. The molecule has 1 aromatic heterocycles. The Labute approximate surface area is 103 Å². The highest BCUT2D eigenvalue weighted by Crippen LogP contribution is 2.26. The number of hydrogen-bond acceptors (Lipinski definition) is 3. The molecule has 0 aliphatic carbocycles. The maximum absolute atomic E-state index is 13.0. The quantitative estimate of drug-likeness (QED) is 0.911. The largest absolute Gasteiger partial charge is 0.438 e. The predicted octanol–water partition coefficient (Wildman–Crippen LogP) is 2.92. The van der Waals surface area contributed by atoms with Gasteiger partial charge in [-0.05, 0) is 18.6 Å². The van der Waals surface area contributed by atoms with Crippen LogP contribution in [0.2, 0.25) is 0 Å². The van der Waals surface area contributed by atoms with Gasteiger partial charge in [0.2, 0.25) is 5.88 Å². The average molecular weight is 250 g/mol. The molecule has 1 heterocycles. The highest BCUT2D eigenvalue weighted by Gasteiger charge is 2.09. The summed E-state index contributed by atoms with van der Waals surface area (Å²) in [6, 6.07) is 4.75. The molecule has 0 aliphatic heterocycles. The van der Waals surface area contributed by atoms with E-state index < -0.39 is 11.6 Å². The number of pyridine rings is 1. The van der Waals surface area contributed by atoms with Crippen LogP contribution in [0.3, 0.4) is 0 Å². The topological polar surface area (TPSA) is 48.1 Å². The Morgan fingerprint density at radius 2 is 1.89 bits per heavy atom. The molecule has 0 saturated carbocycles. The predicted molar refractivity (Wildman–Crippen MR) is 63.3 cm³/mol. The molecule has 94 valence electrons. The number of aromatic nitrogens is 1. The van der Waals surface area contributed by atoms with Crippen LogP contribution in [-0.4, -0.2) is 4.98 Å². The SMILES string of the molecule is Cc1ccnc(Oc2cc(F)cc(F)c2)c1CN. The van der Waals surface area contributed by atoms with E-state index in [1.54, 1.807) is 12.3 Å². The lowest BCUT2D eigenvalue weighted by Gasteiger charge is -2.10. The molecular weight excluding hydrogens is 238 g/mol. The molecule has 0 amide bonds. The third-order valence-electron chi connectivity index (χ3n) is 2.51. The van der Waals surface area contributed by atoms with Gasteiger partial charge in [-0.15, -0.1) is 0 Å². The van der Waals surface area contributed by atoms with Crippen LogP contribution in [0.1, 0.15) is 11.1 Å². The standard InChI is InChI=1S/C13H12F2N2O/c1-8-2-3-17-13(12(8)7-16)18-11-5-9(14)4-10(15)6-11/h2-6H,7,16H2,1H3. The van der Waals surface area contributed by atoms with Crippen molar-refractivity contribution in [3.8, 4) is 11.6 Å². The van der Waals surface area contributed by atoms with Crippen LogP contribution in [0.4, 0.5) is 8.78 Å². The lowest BCUT2D eigenvalue weighted by atomic mass is 10.1. The molecule has 0 unspecified atom stereocenters. The minimum atomic E-state index is -0.702. The van der Waals surface area contributed by atoms with Crippen molar-refractivity contribution in [1.82, 2.24) is 4.98 Å². The van der Waals surface area contributed by atoms with Gasteiger partial charge >= 0.3 is 0 Å². The minimum absolute atomic E-state index is 0.0558. The van der Waals surface area contributed by atoms with Gasteiger partial charge in [0.1, 0.15) is 17.4 Å². The third-order valence-corrected chi connectivity index (χ3v) is 2.51. The Morgan fingerprint density at radius 3 is 2.50 bits per heavy atom. The second-order valence-electron chi connectivity index (χ2n) is 3.82. The molecule has 18 heavy (non-hydrogen) atoms. The van der Waals surface area contributed by atoms with Crippen LogP contribution in [0, 0.1) is 18.6 Å². The fourth-order valence-electron chi connectivity index (χ4n) is 1.60. The van der Waals surface area contributed by atoms with Gasteiger partial charge in [-0.25, -0.2) is 13.8 Å². The minimum Gasteiger partial charge on any atom is -0.438 e. The van der Waals surface area contributed by atoms with Crippen LogP contribution in [-0.2, 0) is 6.54 Å². The van der Waals surface area contributed by atoms with Crippen molar-refractivity contribution in [3.63, 3.8) is 0 Å². The molecule has 3 nitrogen and oxygen atoms in total. The Hall–Kier alpha value is -2.01. The fourth-order valence-corrected chi connectivity index (χ4v) is 1.60. The van der Waals surface area contributed by atoms with E-state index >= 15 is 0 Å². The molecule has 2 rings (SSSR count). The van der Waals surface area contributed by atoms with Gasteiger partial charge in [0, 0.05) is 36.5 Å². The molecule has 0 fully saturated rings. The first-order chi connectivity index (χ1) is 8.60. The zero-order chi connectivity index (χ0) is 13.1. The van der Waals surface area contributed by atoms with Crippen molar-refractivity contribution >= 4 is 0 Å². The van der Waals surface area contributed by atoms with Gasteiger partial charge in [-0.2, -0.15) is 0 Å². The van der Waals surface area contributed by atoms with E-state index in [2.05, 4.69) is 4.98 Å². The molecule has 1 aromatic carbocycles. The number of nitrogens with two attached hydrogens (primary N) is 1. The van der Waals surface area contributed by atoms with E-state index in [-0.39, 0.29) is 18.2 Å². The van der Waals surface area contributed by atoms with E-state index in [1.165, 1.54) is 0 Å². The normalized spacial score (nSPS) is 10.4. The first kappa shape index (κ1) is 12.4. The summed E-state index contributed by atoms with van der Waals surface area (Å²) in [5.41, 5.74) is 7.22. The monoisotopic (exact) mass is 250 g/mol. The zero-order valence-electron chi connectivity index (χ0n) is 9.78. The molecule has 0 saturated heterocycles. The number of ether oxygens (including phenoxy) is 1. The summed E-state index contributed by atoms with van der Waals surface area (Å²) < 4.78 is 31.4. The van der Waals surface area contributed by atoms with Crippen LogP contribution >= 0.6 is 0 Å². The Bertz CT molecular complexity index is 553. The van der Waals surface area contributed by atoms with E-state index in [4.69, 9.17) is 10.5 Å². The summed E-state index contributed by atoms with van der Waals surface area (Å²) in [5.74, 6) is -1.08. The zero-order valence-corrected chi connectivity index (χ0v) is 9.78. The number of halogens is 2. The van der Waals surface area contributed by atoms with Crippen molar-refractivity contribution in [3.05, 3.63) is 53.2 Å². The molecule has 2 N–H and O–H groups in total. The van der Waals surface area contributed by atoms with E-state index in [0.717, 1.165) is 23.8 Å². The van der Waals surface area contributed by atoms with Crippen molar-refractivity contribution in [2.45, 2.75) is 13.5 Å². The van der Waals surface area contributed by atoms with Gasteiger partial charge < -0.3 is 10.5 Å². The highest BCUT2D eigenvalue weighted by atomic mass is 19.1. The lowest BCUT2D eigenvalue weighted by molar-refractivity contribution is 0.445. The molecule has 0 atom stereocenters. The number of hydrogen-bond donors (Lipinski definition) is 1. The van der Waals surface area contributed by atoms with Gasteiger partial charge in [0.05, 0.1) is 0 Å². The van der Waals surface area contributed by atoms with Crippen molar-refractivity contribution < 1.29 is 13.5 Å². The van der Waals surface area contributed by atoms with E-state index in [0.29, 0.717) is 5.56 Å². The van der Waals surface area contributed by atoms with Gasteiger partial charge in [0.25, 0.3) is 0 Å². The first-order valence-corrected chi connectivity index (χ1v) is 5.38. The second-order valence-corrected chi connectivity index (χ2v) is 3.82. The number of aryl methyl sites for hydroxylation is 1. The maximum atomic E-state index is 13.0. The van der Waals surface area contributed by atoms with Crippen LogP contribution in [0.5, 0.6) is 11.6 Å². The van der Waals surface area contributed by atoms with Gasteiger partial charge in [0.15, 0.2) is 0 Å². The van der Waals surface area contributed by atoms with Gasteiger partial charge in [-0.3, -0.25) is 0 Å². The van der Waals surface area contributed by atoms with Gasteiger partial charge in [-0.1, -0.05) is 0 Å². The van der Waals surface area contributed by atoms with E-state index in [9.17, 15) is 8.78 Å². The molecule has 0 bridgehead atoms. The van der Waals surface area contributed by atoms with Crippen molar-refractivity contribution in [2.75, 3.05) is 0 Å². The molecule has 2 aromatic rings. The number of rotatable bonds is 3. The lowest BCUT2D eigenvalue weighted by Crippen LogP contribution is -2.03. The summed E-state index contributed by atoms with van der Waals surface area (Å²) in [6.07, 6.45) is 1.56. The summed E-state index contributed by atoms with van der Waals surface area (Å²) >= 11 is 0. The Morgan fingerprint density at radius 1 is 1.22 bits per heavy atom. The molecular formula is C13H12F2N2O. The fraction of sp³-hybridized carbons (Fsp3) is 0.154. The summed E-state index contributed by atoms with van der Waals surface area (Å²) in [7, 11) is 0. The highest BCUT2D eigenvalue weighted by molar-refractivity contribution is 5.37. The summed E-state index contributed by atoms with van der Waals surface area (Å²) in [6.45, 7) is 2.11. The molecule has 0 aliphatic rings. The van der Waals surface area contributed by atoms with Crippen LogP contribution in [0.15, 0.2) is 30.5 Å². The smallest absolute Gasteiger partial charge is 0.223 e. The molecule has 0 spiro atoms. The van der Waals surface area contributed by atoms with E-state index in [1.807, 2.05) is 6.92 Å². The van der Waals surface area contributed by atoms with Crippen LogP contribution < -0.4 is 10.5 Å². The first-order valence-electron chi connectivity index (χ1n) is 5.38. The summed E-state index contributed by atoms with van der Waals surface area (Å²) in [4.78, 5) is 4.02. The third kappa shape index (κ3) is 2.62. The van der Waals surface area contributed by atoms with Crippen molar-refractivity contribution in [2.24, 2.45) is 5.73 Å². The van der Waals surface area contributed by atoms with Crippen molar-refractivity contribution in [1.29, 1.82) is 0 Å². The number of benzene rings is 1. The average Bonchev–Trinajstić information content (AvgIpc) is 2.27. The maximum Gasteiger partial charge on any atom is 0.223 e. The Kier molecular flexibility index (Phi) is 3.53. The molecule has 0 radical (unpaired) electrons.